The standard InChI is InChI=1S/C15H25NO2/c1-3-4-10-17-11-12-18-14(2)13-16-15-8-6-5-7-9-15/h5-9,14,16H,3-4,10-13H2,1-2H3. The van der Waals surface area contributed by atoms with Crippen molar-refractivity contribution in [1.82, 2.24) is 0 Å². The molecule has 0 spiro atoms. The van der Waals surface area contributed by atoms with Gasteiger partial charge in [0.15, 0.2) is 0 Å². The Morgan fingerprint density at radius 1 is 1.11 bits per heavy atom. The minimum absolute atomic E-state index is 0.194. The molecule has 0 saturated heterocycles. The Morgan fingerprint density at radius 3 is 2.61 bits per heavy atom. The second kappa shape index (κ2) is 9.92. The lowest BCUT2D eigenvalue weighted by Gasteiger charge is -2.14. The molecule has 1 N–H and O–H groups in total. The number of unbranched alkanes of at least 4 members (excludes halogenated alkanes) is 1. The number of nitrogens with one attached hydrogen (secondary N) is 1. The summed E-state index contributed by atoms with van der Waals surface area (Å²) in [4.78, 5) is 0. The maximum Gasteiger partial charge on any atom is 0.0720 e. The zero-order valence-electron chi connectivity index (χ0n) is 11.5. The van der Waals surface area contributed by atoms with E-state index < -0.39 is 0 Å². The summed E-state index contributed by atoms with van der Waals surface area (Å²) in [6.07, 6.45) is 2.50. The highest BCUT2D eigenvalue weighted by molar-refractivity contribution is 5.42. The summed E-state index contributed by atoms with van der Waals surface area (Å²) in [6, 6.07) is 10.2. The normalized spacial score (nSPS) is 12.3. The van der Waals surface area contributed by atoms with Crippen LogP contribution in [0.1, 0.15) is 26.7 Å². The summed E-state index contributed by atoms with van der Waals surface area (Å²) in [6.45, 7) is 7.26. The summed E-state index contributed by atoms with van der Waals surface area (Å²) >= 11 is 0. The van der Waals surface area contributed by atoms with E-state index in [1.54, 1.807) is 0 Å². The fourth-order valence-electron chi connectivity index (χ4n) is 1.53. The lowest BCUT2D eigenvalue weighted by atomic mass is 10.3. The second-order valence-corrected chi connectivity index (χ2v) is 4.39. The van der Waals surface area contributed by atoms with Crippen LogP contribution in [0.2, 0.25) is 0 Å². The van der Waals surface area contributed by atoms with Crippen molar-refractivity contribution < 1.29 is 9.47 Å². The van der Waals surface area contributed by atoms with Gasteiger partial charge in [0.1, 0.15) is 0 Å². The Kier molecular flexibility index (Phi) is 8.26. The van der Waals surface area contributed by atoms with E-state index in [0.29, 0.717) is 13.2 Å². The molecule has 0 amide bonds. The quantitative estimate of drug-likeness (QED) is 0.647. The van der Waals surface area contributed by atoms with Gasteiger partial charge in [-0.3, -0.25) is 0 Å². The van der Waals surface area contributed by atoms with Crippen molar-refractivity contribution in [3.63, 3.8) is 0 Å². The molecule has 0 heterocycles. The van der Waals surface area contributed by atoms with E-state index in [4.69, 9.17) is 9.47 Å². The first-order valence-electron chi connectivity index (χ1n) is 6.81. The van der Waals surface area contributed by atoms with Crippen LogP contribution < -0.4 is 5.32 Å². The number of benzene rings is 1. The SMILES string of the molecule is CCCCOCCOC(C)CNc1ccccc1. The van der Waals surface area contributed by atoms with Crippen molar-refractivity contribution in [2.24, 2.45) is 0 Å². The third-order valence-electron chi connectivity index (χ3n) is 2.64. The third-order valence-corrected chi connectivity index (χ3v) is 2.64. The monoisotopic (exact) mass is 251 g/mol. The molecule has 1 atom stereocenters. The third kappa shape index (κ3) is 7.30. The minimum Gasteiger partial charge on any atom is -0.382 e. The molecular formula is C15H25NO2. The highest BCUT2D eigenvalue weighted by Crippen LogP contribution is 2.05. The van der Waals surface area contributed by atoms with Crippen molar-refractivity contribution in [2.75, 3.05) is 31.7 Å². The van der Waals surface area contributed by atoms with Gasteiger partial charge in [-0.1, -0.05) is 31.5 Å². The van der Waals surface area contributed by atoms with E-state index in [2.05, 4.69) is 31.3 Å². The van der Waals surface area contributed by atoms with E-state index in [-0.39, 0.29) is 6.10 Å². The van der Waals surface area contributed by atoms with Crippen LogP contribution in [-0.4, -0.2) is 32.5 Å². The molecule has 3 heteroatoms. The average Bonchev–Trinajstić information content (AvgIpc) is 2.41. The Bertz CT molecular complexity index is 290. The van der Waals surface area contributed by atoms with Gasteiger partial charge in [0.2, 0.25) is 0 Å². The van der Waals surface area contributed by atoms with Crippen LogP contribution in [0, 0.1) is 0 Å². The molecule has 1 rings (SSSR count). The van der Waals surface area contributed by atoms with Crippen molar-refractivity contribution in [3.8, 4) is 0 Å². The molecule has 0 radical (unpaired) electrons. The van der Waals surface area contributed by atoms with Crippen molar-refractivity contribution in [2.45, 2.75) is 32.8 Å². The molecule has 3 nitrogen and oxygen atoms in total. The Hall–Kier alpha value is -1.06. The van der Waals surface area contributed by atoms with Gasteiger partial charge in [0, 0.05) is 18.8 Å². The topological polar surface area (TPSA) is 30.5 Å². The summed E-state index contributed by atoms with van der Waals surface area (Å²) in [7, 11) is 0. The molecule has 1 aromatic rings. The van der Waals surface area contributed by atoms with Gasteiger partial charge >= 0.3 is 0 Å². The van der Waals surface area contributed by atoms with Crippen LogP contribution in [0.3, 0.4) is 0 Å². The van der Waals surface area contributed by atoms with Gasteiger partial charge < -0.3 is 14.8 Å². The fraction of sp³-hybridized carbons (Fsp3) is 0.600. The smallest absolute Gasteiger partial charge is 0.0720 e. The van der Waals surface area contributed by atoms with Crippen LogP contribution in [-0.2, 0) is 9.47 Å². The number of anilines is 1. The van der Waals surface area contributed by atoms with Crippen molar-refractivity contribution in [1.29, 1.82) is 0 Å². The summed E-state index contributed by atoms with van der Waals surface area (Å²) in [5.74, 6) is 0. The minimum atomic E-state index is 0.194. The molecule has 0 saturated carbocycles. The molecule has 18 heavy (non-hydrogen) atoms. The van der Waals surface area contributed by atoms with E-state index in [9.17, 15) is 0 Å². The highest BCUT2D eigenvalue weighted by atomic mass is 16.5. The Labute approximate surface area is 110 Å². The molecule has 1 aromatic carbocycles. The van der Waals surface area contributed by atoms with Gasteiger partial charge in [-0.15, -0.1) is 0 Å². The molecule has 0 aliphatic carbocycles. The maximum absolute atomic E-state index is 5.66. The van der Waals surface area contributed by atoms with Gasteiger partial charge in [-0.2, -0.15) is 0 Å². The molecule has 0 aromatic heterocycles. The van der Waals surface area contributed by atoms with Crippen LogP contribution in [0.15, 0.2) is 30.3 Å². The van der Waals surface area contributed by atoms with Gasteiger partial charge in [0.25, 0.3) is 0 Å². The number of rotatable bonds is 10. The summed E-state index contributed by atoms with van der Waals surface area (Å²) in [5.41, 5.74) is 1.13. The van der Waals surface area contributed by atoms with Crippen LogP contribution in [0.25, 0.3) is 0 Å². The van der Waals surface area contributed by atoms with Crippen molar-refractivity contribution >= 4 is 5.69 Å². The molecule has 102 valence electrons. The summed E-state index contributed by atoms with van der Waals surface area (Å²) < 4.78 is 11.1. The maximum atomic E-state index is 5.66. The van der Waals surface area contributed by atoms with E-state index in [0.717, 1.165) is 25.3 Å². The van der Waals surface area contributed by atoms with E-state index in [1.165, 1.54) is 6.42 Å². The molecule has 1 unspecified atom stereocenters. The Balaban J connectivity index is 1.99. The fourth-order valence-corrected chi connectivity index (χ4v) is 1.53. The predicted molar refractivity (Wildman–Crippen MR) is 76.1 cm³/mol. The Morgan fingerprint density at radius 2 is 1.89 bits per heavy atom. The lowest BCUT2D eigenvalue weighted by Crippen LogP contribution is -2.21. The molecule has 0 fully saturated rings. The number of ether oxygens (including phenoxy) is 2. The predicted octanol–water partition coefficient (Wildman–Crippen LogP) is 3.32. The molecule has 0 aliphatic rings. The average molecular weight is 251 g/mol. The first kappa shape index (κ1) is 15.0. The second-order valence-electron chi connectivity index (χ2n) is 4.39. The van der Waals surface area contributed by atoms with Gasteiger partial charge in [0.05, 0.1) is 19.3 Å². The van der Waals surface area contributed by atoms with Crippen molar-refractivity contribution in [3.05, 3.63) is 30.3 Å². The van der Waals surface area contributed by atoms with E-state index in [1.807, 2.05) is 18.2 Å². The van der Waals surface area contributed by atoms with Gasteiger partial charge in [-0.25, -0.2) is 0 Å². The first-order chi connectivity index (χ1) is 8.83. The zero-order valence-corrected chi connectivity index (χ0v) is 11.5. The zero-order chi connectivity index (χ0) is 13.1. The van der Waals surface area contributed by atoms with Gasteiger partial charge in [-0.05, 0) is 25.5 Å². The van der Waals surface area contributed by atoms with Crippen LogP contribution in [0.5, 0.6) is 0 Å². The summed E-state index contributed by atoms with van der Waals surface area (Å²) in [5, 5.41) is 3.34. The molecule has 0 bridgehead atoms. The lowest BCUT2D eigenvalue weighted by molar-refractivity contribution is 0.0168. The number of hydrogen-bond acceptors (Lipinski definition) is 3. The number of para-hydroxylation sites is 1. The molecular weight excluding hydrogens is 226 g/mol. The van der Waals surface area contributed by atoms with E-state index >= 15 is 0 Å². The van der Waals surface area contributed by atoms with Crippen LogP contribution >= 0.6 is 0 Å². The first-order valence-corrected chi connectivity index (χ1v) is 6.81. The van der Waals surface area contributed by atoms with Crippen LogP contribution in [0.4, 0.5) is 5.69 Å². The largest absolute Gasteiger partial charge is 0.382 e. The molecule has 0 aliphatic heterocycles. The highest BCUT2D eigenvalue weighted by Gasteiger charge is 2.01. The number of hydrogen-bond donors (Lipinski definition) is 1.